The Kier molecular flexibility index (Phi) is 3.01. The van der Waals surface area contributed by atoms with E-state index in [2.05, 4.69) is 9.97 Å². The molecule has 0 bridgehead atoms. The first-order valence-corrected chi connectivity index (χ1v) is 6.32. The Morgan fingerprint density at radius 1 is 1.32 bits per heavy atom. The van der Waals surface area contributed by atoms with E-state index in [9.17, 15) is 5.11 Å². The predicted octanol–water partition coefficient (Wildman–Crippen LogP) is 2.53. The lowest BCUT2D eigenvalue weighted by molar-refractivity contribution is 0.210. The molecule has 1 N–H and O–H groups in total. The molecule has 0 spiro atoms. The van der Waals surface area contributed by atoms with Crippen molar-refractivity contribution in [3.05, 3.63) is 60.3 Å². The van der Waals surface area contributed by atoms with Crippen molar-refractivity contribution < 1.29 is 5.11 Å². The van der Waals surface area contributed by atoms with Gasteiger partial charge in [0.25, 0.3) is 0 Å². The first-order chi connectivity index (χ1) is 9.29. The van der Waals surface area contributed by atoms with Gasteiger partial charge in [0.1, 0.15) is 6.10 Å². The number of hydrogen-bond acceptors (Lipinski definition) is 3. The molecule has 2 aromatic heterocycles. The number of aliphatic hydroxyl groups is 1. The lowest BCUT2D eigenvalue weighted by atomic mass is 10.0. The number of fused-ring (bicyclic) bond motifs is 1. The second kappa shape index (κ2) is 4.82. The molecule has 0 fully saturated rings. The summed E-state index contributed by atoms with van der Waals surface area (Å²) in [4.78, 5) is 8.40. The van der Waals surface area contributed by atoms with Gasteiger partial charge in [-0.1, -0.05) is 18.2 Å². The van der Waals surface area contributed by atoms with Crippen LogP contribution in [-0.4, -0.2) is 19.6 Å². The van der Waals surface area contributed by atoms with E-state index in [0.29, 0.717) is 0 Å². The molecule has 0 saturated heterocycles. The zero-order chi connectivity index (χ0) is 13.2. The maximum absolute atomic E-state index is 10.5. The third kappa shape index (κ3) is 2.11. The Labute approximate surface area is 111 Å². The van der Waals surface area contributed by atoms with Crippen molar-refractivity contribution in [2.75, 3.05) is 0 Å². The van der Waals surface area contributed by atoms with Crippen LogP contribution in [0.1, 0.15) is 24.3 Å². The van der Waals surface area contributed by atoms with Crippen molar-refractivity contribution in [3.8, 4) is 0 Å². The van der Waals surface area contributed by atoms with E-state index in [1.165, 1.54) is 0 Å². The molecule has 0 saturated carbocycles. The molecule has 0 aliphatic heterocycles. The minimum Gasteiger partial charge on any atom is -0.382 e. The Morgan fingerprint density at radius 2 is 2.21 bits per heavy atom. The van der Waals surface area contributed by atoms with Gasteiger partial charge < -0.3 is 9.67 Å². The van der Waals surface area contributed by atoms with Crippen LogP contribution in [0.5, 0.6) is 0 Å². The molecular weight excluding hydrogens is 238 g/mol. The lowest BCUT2D eigenvalue weighted by Gasteiger charge is -2.13. The van der Waals surface area contributed by atoms with Crippen LogP contribution in [0.25, 0.3) is 10.9 Å². The number of aryl methyl sites for hydroxylation is 1. The summed E-state index contributed by atoms with van der Waals surface area (Å²) >= 11 is 0. The van der Waals surface area contributed by atoms with Gasteiger partial charge in [-0.15, -0.1) is 0 Å². The van der Waals surface area contributed by atoms with Crippen LogP contribution in [0, 0.1) is 0 Å². The second-order valence-corrected chi connectivity index (χ2v) is 4.46. The van der Waals surface area contributed by atoms with Gasteiger partial charge >= 0.3 is 0 Å². The molecule has 0 radical (unpaired) electrons. The van der Waals surface area contributed by atoms with E-state index in [4.69, 9.17) is 0 Å². The Balaban J connectivity index is 2.04. The van der Waals surface area contributed by atoms with Crippen molar-refractivity contribution in [2.45, 2.75) is 19.6 Å². The molecule has 0 amide bonds. The zero-order valence-corrected chi connectivity index (χ0v) is 10.7. The van der Waals surface area contributed by atoms with Crippen LogP contribution < -0.4 is 0 Å². The van der Waals surface area contributed by atoms with Crippen LogP contribution >= 0.6 is 0 Å². The number of aliphatic hydroxyl groups excluding tert-OH is 1. The molecule has 1 unspecified atom stereocenters. The molecule has 0 aliphatic rings. The summed E-state index contributed by atoms with van der Waals surface area (Å²) in [6.45, 7) is 2.82. The largest absolute Gasteiger partial charge is 0.382 e. The fourth-order valence-corrected chi connectivity index (χ4v) is 2.25. The molecule has 3 rings (SSSR count). The number of aromatic nitrogens is 3. The molecule has 1 aromatic carbocycles. The Bertz CT molecular complexity index is 705. The summed E-state index contributed by atoms with van der Waals surface area (Å²) in [7, 11) is 0. The normalized spacial score (nSPS) is 12.7. The highest BCUT2D eigenvalue weighted by Gasteiger charge is 2.15. The van der Waals surface area contributed by atoms with Crippen molar-refractivity contribution in [1.82, 2.24) is 14.5 Å². The highest BCUT2D eigenvalue weighted by atomic mass is 16.3. The molecule has 96 valence electrons. The molecule has 19 heavy (non-hydrogen) atoms. The molecule has 3 aromatic rings. The summed E-state index contributed by atoms with van der Waals surface area (Å²) in [6, 6.07) is 9.75. The second-order valence-electron chi connectivity index (χ2n) is 4.46. The van der Waals surface area contributed by atoms with E-state index < -0.39 is 6.10 Å². The number of imidazole rings is 1. The molecule has 2 heterocycles. The first-order valence-electron chi connectivity index (χ1n) is 6.32. The van der Waals surface area contributed by atoms with Crippen LogP contribution in [-0.2, 0) is 6.54 Å². The average Bonchev–Trinajstić information content (AvgIpc) is 2.94. The molecule has 1 atom stereocenters. The highest BCUT2D eigenvalue weighted by molar-refractivity contribution is 5.79. The maximum atomic E-state index is 10.5. The van der Waals surface area contributed by atoms with Crippen molar-refractivity contribution >= 4 is 10.9 Å². The Morgan fingerprint density at radius 3 is 3.05 bits per heavy atom. The van der Waals surface area contributed by atoms with Crippen molar-refractivity contribution in [3.63, 3.8) is 0 Å². The number of hydrogen-bond donors (Lipinski definition) is 1. The summed E-state index contributed by atoms with van der Waals surface area (Å²) in [5.74, 6) is 0. The summed E-state index contributed by atoms with van der Waals surface area (Å²) in [6.07, 6.45) is 4.53. The van der Waals surface area contributed by atoms with E-state index in [0.717, 1.165) is 28.7 Å². The topological polar surface area (TPSA) is 50.9 Å². The van der Waals surface area contributed by atoms with E-state index in [1.54, 1.807) is 18.7 Å². The van der Waals surface area contributed by atoms with Gasteiger partial charge in [0.15, 0.2) is 0 Å². The molecule has 0 aliphatic carbocycles. The van der Waals surface area contributed by atoms with Crippen molar-refractivity contribution in [1.29, 1.82) is 0 Å². The highest BCUT2D eigenvalue weighted by Crippen LogP contribution is 2.24. The van der Waals surface area contributed by atoms with Gasteiger partial charge in [-0.25, -0.2) is 4.98 Å². The third-order valence-electron chi connectivity index (χ3n) is 3.31. The minimum atomic E-state index is -0.672. The first kappa shape index (κ1) is 11.9. The van der Waals surface area contributed by atoms with Crippen LogP contribution in [0.4, 0.5) is 0 Å². The van der Waals surface area contributed by atoms with Crippen LogP contribution in [0.15, 0.2) is 49.1 Å². The number of benzene rings is 1. The Hall–Kier alpha value is -2.20. The smallest absolute Gasteiger partial charge is 0.121 e. The van der Waals surface area contributed by atoms with Crippen LogP contribution in [0.2, 0.25) is 0 Å². The predicted molar refractivity (Wildman–Crippen MR) is 73.7 cm³/mol. The molecule has 4 nitrogen and oxygen atoms in total. The van der Waals surface area contributed by atoms with Gasteiger partial charge in [-0.3, -0.25) is 4.98 Å². The standard InChI is InChI=1S/C15H15N3O/c1-2-18-10-16-9-14(18)15(19)12-6-5-11-4-3-7-17-13(11)8-12/h3-10,15,19H,2H2,1H3. The fourth-order valence-electron chi connectivity index (χ4n) is 2.25. The maximum Gasteiger partial charge on any atom is 0.121 e. The number of nitrogens with zero attached hydrogens (tertiary/aromatic N) is 3. The summed E-state index contributed by atoms with van der Waals surface area (Å²) in [5, 5.41) is 11.5. The number of pyridine rings is 1. The van der Waals surface area contributed by atoms with E-state index in [-0.39, 0.29) is 0 Å². The quantitative estimate of drug-likeness (QED) is 0.780. The third-order valence-corrected chi connectivity index (χ3v) is 3.31. The van der Waals surface area contributed by atoms with E-state index >= 15 is 0 Å². The lowest BCUT2D eigenvalue weighted by Crippen LogP contribution is -2.07. The minimum absolute atomic E-state index is 0.672. The average molecular weight is 253 g/mol. The van der Waals surface area contributed by atoms with Gasteiger partial charge in [0.05, 0.1) is 23.7 Å². The SMILES string of the molecule is CCn1cncc1C(O)c1ccc2cccnc2c1. The van der Waals surface area contributed by atoms with Gasteiger partial charge in [0.2, 0.25) is 0 Å². The summed E-state index contributed by atoms with van der Waals surface area (Å²) < 4.78 is 1.94. The fraction of sp³-hybridized carbons (Fsp3) is 0.200. The van der Waals surface area contributed by atoms with Gasteiger partial charge in [-0.2, -0.15) is 0 Å². The summed E-state index contributed by atoms with van der Waals surface area (Å²) in [5.41, 5.74) is 2.53. The molecular formula is C15H15N3O. The van der Waals surface area contributed by atoms with Gasteiger partial charge in [-0.05, 0) is 24.6 Å². The monoisotopic (exact) mass is 253 g/mol. The van der Waals surface area contributed by atoms with Crippen LogP contribution in [0.3, 0.4) is 0 Å². The molecule has 4 heteroatoms. The van der Waals surface area contributed by atoms with E-state index in [1.807, 2.05) is 41.8 Å². The zero-order valence-electron chi connectivity index (χ0n) is 10.7. The van der Waals surface area contributed by atoms with Crippen molar-refractivity contribution in [2.24, 2.45) is 0 Å². The number of rotatable bonds is 3. The van der Waals surface area contributed by atoms with Gasteiger partial charge in [0, 0.05) is 18.1 Å².